The van der Waals surface area contributed by atoms with E-state index in [2.05, 4.69) is 45.3 Å². The molecular formula is C22H26N4O. The second kappa shape index (κ2) is 8.93. The van der Waals surface area contributed by atoms with Crippen LogP contribution in [0.25, 0.3) is 0 Å². The molecule has 0 amide bonds. The minimum absolute atomic E-state index is 0.297. The maximum Gasteiger partial charge on any atom is 0.0736 e. The molecule has 5 nitrogen and oxygen atoms in total. The molecule has 3 heterocycles. The molecular weight excluding hydrogens is 336 g/mol. The number of nitrogens with zero attached hydrogens (tertiary/aromatic N) is 4. The number of piperidine rings is 1. The van der Waals surface area contributed by atoms with Gasteiger partial charge in [-0.2, -0.15) is 5.10 Å². The summed E-state index contributed by atoms with van der Waals surface area (Å²) in [6.07, 6.45) is 10.1. The first kappa shape index (κ1) is 17.9. The van der Waals surface area contributed by atoms with Crippen LogP contribution in [-0.4, -0.2) is 38.9 Å². The minimum atomic E-state index is 0.297. The van der Waals surface area contributed by atoms with Crippen LogP contribution in [0.4, 0.5) is 0 Å². The number of benzene rings is 1. The molecule has 0 spiro atoms. The van der Waals surface area contributed by atoms with Crippen LogP contribution in [0.1, 0.15) is 29.5 Å². The lowest BCUT2D eigenvalue weighted by atomic mass is 10.1. The molecule has 1 saturated heterocycles. The molecule has 0 unspecified atom stereocenters. The molecule has 1 aliphatic rings. The molecule has 3 aromatic rings. The summed E-state index contributed by atoms with van der Waals surface area (Å²) in [5.74, 6) is 0. The van der Waals surface area contributed by atoms with Crippen molar-refractivity contribution in [2.24, 2.45) is 0 Å². The summed E-state index contributed by atoms with van der Waals surface area (Å²) in [6.45, 7) is 4.56. The van der Waals surface area contributed by atoms with Gasteiger partial charge in [0.25, 0.3) is 0 Å². The lowest BCUT2D eigenvalue weighted by molar-refractivity contribution is -0.0121. The standard InChI is InChI=1S/C22H26N4O/c1-5-19(13-20(6-1)16-26-12-4-10-24-26)15-25-11-3-8-22(17-25)27-18-21-7-2-9-23-14-21/h1-2,4-7,9-10,12-14,22H,3,8,11,15-18H2/t22-/m0/s1. The number of pyridine rings is 1. The van der Waals surface area contributed by atoms with E-state index in [-0.39, 0.29) is 0 Å². The summed E-state index contributed by atoms with van der Waals surface area (Å²) in [4.78, 5) is 6.66. The van der Waals surface area contributed by atoms with Crippen molar-refractivity contribution >= 4 is 0 Å². The lowest BCUT2D eigenvalue weighted by Gasteiger charge is -2.32. The SMILES string of the molecule is c1cncc(CO[C@H]2CCCN(Cc3cccc(Cn4cccn4)c3)C2)c1. The van der Waals surface area contributed by atoms with Crippen molar-refractivity contribution in [1.82, 2.24) is 19.7 Å². The van der Waals surface area contributed by atoms with Crippen molar-refractivity contribution in [3.63, 3.8) is 0 Å². The van der Waals surface area contributed by atoms with E-state index < -0.39 is 0 Å². The Kier molecular flexibility index (Phi) is 5.92. The van der Waals surface area contributed by atoms with Gasteiger partial charge in [0.1, 0.15) is 0 Å². The van der Waals surface area contributed by atoms with Crippen molar-refractivity contribution in [2.45, 2.75) is 38.6 Å². The van der Waals surface area contributed by atoms with Gasteiger partial charge in [0.2, 0.25) is 0 Å². The summed E-state index contributed by atoms with van der Waals surface area (Å²) in [5, 5.41) is 4.30. The van der Waals surface area contributed by atoms with Gasteiger partial charge in [0, 0.05) is 37.9 Å². The topological polar surface area (TPSA) is 43.2 Å². The Bertz CT molecular complexity index is 819. The first-order valence-electron chi connectivity index (χ1n) is 9.63. The highest BCUT2D eigenvalue weighted by Crippen LogP contribution is 2.18. The third-order valence-electron chi connectivity index (χ3n) is 4.97. The molecule has 2 aromatic heterocycles. The molecule has 4 rings (SSSR count). The number of rotatable bonds is 7. The molecule has 5 heteroatoms. The van der Waals surface area contributed by atoms with Gasteiger partial charge in [-0.15, -0.1) is 0 Å². The molecule has 1 atom stereocenters. The second-order valence-corrected chi connectivity index (χ2v) is 7.20. The van der Waals surface area contributed by atoms with Crippen molar-refractivity contribution < 1.29 is 4.74 Å². The van der Waals surface area contributed by atoms with Gasteiger partial charge in [-0.3, -0.25) is 14.6 Å². The van der Waals surface area contributed by atoms with Crippen LogP contribution in [-0.2, 0) is 24.4 Å². The summed E-state index contributed by atoms with van der Waals surface area (Å²) < 4.78 is 8.10. The maximum atomic E-state index is 6.14. The monoisotopic (exact) mass is 362 g/mol. The molecule has 140 valence electrons. The van der Waals surface area contributed by atoms with Crippen LogP contribution in [0.15, 0.2) is 67.3 Å². The largest absolute Gasteiger partial charge is 0.372 e. The van der Waals surface area contributed by atoms with E-state index in [1.54, 1.807) is 6.20 Å². The van der Waals surface area contributed by atoms with Crippen LogP contribution >= 0.6 is 0 Å². The average Bonchev–Trinajstić information content (AvgIpc) is 3.21. The van der Waals surface area contributed by atoms with Crippen LogP contribution in [0.3, 0.4) is 0 Å². The van der Waals surface area contributed by atoms with E-state index >= 15 is 0 Å². The molecule has 1 fully saturated rings. The highest BCUT2D eigenvalue weighted by molar-refractivity contribution is 5.23. The number of ether oxygens (including phenoxy) is 1. The molecule has 1 aliphatic heterocycles. The molecule has 1 aromatic carbocycles. The van der Waals surface area contributed by atoms with E-state index in [4.69, 9.17) is 4.74 Å². The quantitative estimate of drug-likeness (QED) is 0.645. The first-order valence-corrected chi connectivity index (χ1v) is 9.63. The Morgan fingerprint density at radius 1 is 1.00 bits per heavy atom. The number of likely N-dealkylation sites (tertiary alicyclic amines) is 1. The molecule has 0 saturated carbocycles. The molecule has 27 heavy (non-hydrogen) atoms. The van der Waals surface area contributed by atoms with Crippen LogP contribution in [0.5, 0.6) is 0 Å². The number of hydrogen-bond donors (Lipinski definition) is 0. The lowest BCUT2D eigenvalue weighted by Crippen LogP contribution is -2.39. The van der Waals surface area contributed by atoms with Gasteiger partial charge in [-0.25, -0.2) is 0 Å². The van der Waals surface area contributed by atoms with Gasteiger partial charge in [-0.1, -0.05) is 30.3 Å². The zero-order chi connectivity index (χ0) is 18.3. The third-order valence-corrected chi connectivity index (χ3v) is 4.97. The highest BCUT2D eigenvalue weighted by Gasteiger charge is 2.20. The zero-order valence-corrected chi connectivity index (χ0v) is 15.6. The summed E-state index contributed by atoms with van der Waals surface area (Å²) in [5.41, 5.74) is 3.78. The van der Waals surface area contributed by atoms with Crippen LogP contribution in [0.2, 0.25) is 0 Å². The summed E-state index contributed by atoms with van der Waals surface area (Å²) in [6, 6.07) is 14.8. The Labute approximate surface area is 160 Å². The fourth-order valence-corrected chi connectivity index (χ4v) is 3.66. The van der Waals surface area contributed by atoms with Gasteiger partial charge in [0.15, 0.2) is 0 Å². The average molecular weight is 362 g/mol. The van der Waals surface area contributed by atoms with Crippen molar-refractivity contribution in [3.05, 3.63) is 83.9 Å². The fraction of sp³-hybridized carbons (Fsp3) is 0.364. The number of aromatic nitrogens is 3. The van der Waals surface area contributed by atoms with Crippen molar-refractivity contribution in [2.75, 3.05) is 13.1 Å². The van der Waals surface area contributed by atoms with Crippen LogP contribution in [0, 0.1) is 0 Å². The summed E-state index contributed by atoms with van der Waals surface area (Å²) >= 11 is 0. The van der Waals surface area contributed by atoms with Crippen LogP contribution < -0.4 is 0 Å². The van der Waals surface area contributed by atoms with Gasteiger partial charge in [0.05, 0.1) is 19.3 Å². The Hall–Kier alpha value is -2.50. The van der Waals surface area contributed by atoms with E-state index in [1.165, 1.54) is 17.5 Å². The normalized spacial score (nSPS) is 17.9. The number of hydrogen-bond acceptors (Lipinski definition) is 4. The predicted octanol–water partition coefficient (Wildman–Crippen LogP) is 3.51. The van der Waals surface area contributed by atoms with Gasteiger partial charge in [-0.05, 0) is 48.2 Å². The second-order valence-electron chi connectivity index (χ2n) is 7.20. The molecule has 0 N–H and O–H groups in total. The smallest absolute Gasteiger partial charge is 0.0736 e. The van der Waals surface area contributed by atoms with Gasteiger partial charge < -0.3 is 4.74 Å². The molecule has 0 bridgehead atoms. The molecule has 0 aliphatic carbocycles. The van der Waals surface area contributed by atoms with E-state index in [1.807, 2.05) is 35.4 Å². The third kappa shape index (κ3) is 5.25. The van der Waals surface area contributed by atoms with Crippen molar-refractivity contribution in [3.8, 4) is 0 Å². The minimum Gasteiger partial charge on any atom is -0.372 e. The Morgan fingerprint density at radius 2 is 1.89 bits per heavy atom. The van der Waals surface area contributed by atoms with E-state index in [9.17, 15) is 0 Å². The van der Waals surface area contributed by atoms with E-state index in [0.29, 0.717) is 12.7 Å². The van der Waals surface area contributed by atoms with Gasteiger partial charge >= 0.3 is 0 Å². The molecule has 0 radical (unpaired) electrons. The van der Waals surface area contributed by atoms with E-state index in [0.717, 1.165) is 38.2 Å². The predicted molar refractivity (Wildman–Crippen MR) is 105 cm³/mol. The zero-order valence-electron chi connectivity index (χ0n) is 15.6. The first-order chi connectivity index (χ1) is 13.3. The maximum absolute atomic E-state index is 6.14. The highest BCUT2D eigenvalue weighted by atomic mass is 16.5. The van der Waals surface area contributed by atoms with Crippen molar-refractivity contribution in [1.29, 1.82) is 0 Å². The summed E-state index contributed by atoms with van der Waals surface area (Å²) in [7, 11) is 0. The Balaban J connectivity index is 1.31. The Morgan fingerprint density at radius 3 is 2.70 bits per heavy atom. The fourth-order valence-electron chi connectivity index (χ4n) is 3.66.